The number of urea groups is 1. The quantitative estimate of drug-likeness (QED) is 0.700. The van der Waals surface area contributed by atoms with Gasteiger partial charge in [0, 0.05) is 18.7 Å². The van der Waals surface area contributed by atoms with Crippen molar-refractivity contribution in [3.8, 4) is 5.75 Å². The highest BCUT2D eigenvalue weighted by molar-refractivity contribution is 6.08. The van der Waals surface area contributed by atoms with E-state index in [-0.39, 0.29) is 24.8 Å². The minimum absolute atomic E-state index is 0.0631. The van der Waals surface area contributed by atoms with E-state index in [0.717, 1.165) is 30.7 Å². The molecule has 11 heteroatoms. The topological polar surface area (TPSA) is 92.8 Å². The normalized spacial score (nSPS) is 16.8. The Labute approximate surface area is 181 Å². The number of alkyl halides is 3. The average Bonchev–Trinajstić information content (AvgIpc) is 3.57. The molecule has 1 saturated carbocycles. The van der Waals surface area contributed by atoms with Gasteiger partial charge in [-0.05, 0) is 42.7 Å². The molecule has 170 valence electrons. The van der Waals surface area contributed by atoms with E-state index >= 15 is 0 Å². The summed E-state index contributed by atoms with van der Waals surface area (Å²) in [6.07, 6.45) is -2.72. The molecule has 0 spiro atoms. The molecule has 4 rings (SSSR count). The Bertz CT molecular complexity index is 1010. The number of anilines is 2. The Morgan fingerprint density at radius 3 is 2.59 bits per heavy atom. The summed E-state index contributed by atoms with van der Waals surface area (Å²) in [6, 6.07) is 7.47. The number of hydrogen-bond donors (Lipinski definition) is 2. The number of methoxy groups -OCH3 is 1. The van der Waals surface area contributed by atoms with Crippen molar-refractivity contribution >= 4 is 23.4 Å². The van der Waals surface area contributed by atoms with Gasteiger partial charge in [-0.25, -0.2) is 9.78 Å². The standard InChI is InChI=1S/C21H21F3N4O4/c1-31-11-17(13-4-6-14(7-5-13)32-21(22,23)24)27-20(30)28-10-18(29)25-16-9-8-15(12-2-3-12)26-19(16)28/h4-9,12,17H,2-3,10-11H2,1H3,(H,25,29)(H,27,30). The summed E-state index contributed by atoms with van der Waals surface area (Å²) in [5.74, 6) is -0.00848. The molecule has 2 aliphatic rings. The van der Waals surface area contributed by atoms with E-state index in [9.17, 15) is 22.8 Å². The zero-order chi connectivity index (χ0) is 22.9. The molecule has 32 heavy (non-hydrogen) atoms. The number of fused-ring (bicyclic) bond motifs is 1. The van der Waals surface area contributed by atoms with Gasteiger partial charge in [-0.3, -0.25) is 9.69 Å². The molecule has 1 atom stereocenters. The van der Waals surface area contributed by atoms with Crippen LogP contribution >= 0.6 is 0 Å². The van der Waals surface area contributed by atoms with Crippen LogP contribution in [-0.4, -0.2) is 43.5 Å². The number of nitrogens with one attached hydrogen (secondary N) is 2. The molecule has 0 saturated heterocycles. The first-order chi connectivity index (χ1) is 15.2. The Hall–Kier alpha value is -3.34. The fourth-order valence-corrected chi connectivity index (χ4v) is 3.47. The molecule has 1 aliphatic carbocycles. The van der Waals surface area contributed by atoms with Crippen LogP contribution in [0.5, 0.6) is 5.75 Å². The second-order valence-electron chi connectivity index (χ2n) is 7.59. The summed E-state index contributed by atoms with van der Waals surface area (Å²) in [5.41, 5.74) is 1.82. The first-order valence-electron chi connectivity index (χ1n) is 9.97. The van der Waals surface area contributed by atoms with Crippen LogP contribution in [0.1, 0.15) is 36.1 Å². The predicted molar refractivity (Wildman–Crippen MR) is 108 cm³/mol. The van der Waals surface area contributed by atoms with Crippen LogP contribution in [0.2, 0.25) is 0 Å². The number of hydrogen-bond acceptors (Lipinski definition) is 5. The van der Waals surface area contributed by atoms with Crippen molar-refractivity contribution < 1.29 is 32.2 Å². The van der Waals surface area contributed by atoms with Gasteiger partial charge >= 0.3 is 12.4 Å². The van der Waals surface area contributed by atoms with Gasteiger partial charge in [-0.1, -0.05) is 12.1 Å². The summed E-state index contributed by atoms with van der Waals surface area (Å²) in [5, 5.41) is 5.49. The number of aromatic nitrogens is 1. The maximum Gasteiger partial charge on any atom is 0.573 e. The molecular formula is C21H21F3N4O4. The van der Waals surface area contributed by atoms with E-state index < -0.39 is 18.4 Å². The van der Waals surface area contributed by atoms with Crippen molar-refractivity contribution in [2.75, 3.05) is 30.5 Å². The number of pyridine rings is 1. The minimum Gasteiger partial charge on any atom is -0.406 e. The molecule has 8 nitrogen and oxygen atoms in total. The van der Waals surface area contributed by atoms with E-state index in [0.29, 0.717) is 23.0 Å². The highest BCUT2D eigenvalue weighted by Gasteiger charge is 2.33. The first-order valence-corrected chi connectivity index (χ1v) is 9.97. The highest BCUT2D eigenvalue weighted by Crippen LogP contribution is 2.41. The minimum atomic E-state index is -4.80. The number of nitrogens with zero attached hydrogens (tertiary/aromatic N) is 2. The van der Waals surface area contributed by atoms with Crippen molar-refractivity contribution in [2.24, 2.45) is 0 Å². The lowest BCUT2D eigenvalue weighted by atomic mass is 10.1. The van der Waals surface area contributed by atoms with Gasteiger partial charge in [-0.2, -0.15) is 0 Å². The summed E-state index contributed by atoms with van der Waals surface area (Å²) >= 11 is 0. The number of carbonyl (C=O) groups is 2. The van der Waals surface area contributed by atoms with Crippen LogP contribution < -0.4 is 20.3 Å². The maximum atomic E-state index is 13.1. The lowest BCUT2D eigenvalue weighted by Crippen LogP contribution is -2.49. The van der Waals surface area contributed by atoms with Crippen LogP contribution in [0.3, 0.4) is 0 Å². The summed E-state index contributed by atoms with van der Waals surface area (Å²) in [4.78, 5) is 31.0. The van der Waals surface area contributed by atoms with Crippen molar-refractivity contribution in [3.63, 3.8) is 0 Å². The van der Waals surface area contributed by atoms with Gasteiger partial charge in [0.25, 0.3) is 0 Å². The molecule has 0 radical (unpaired) electrons. The van der Waals surface area contributed by atoms with E-state index in [1.54, 1.807) is 6.07 Å². The third-order valence-corrected chi connectivity index (χ3v) is 5.12. The molecule has 1 unspecified atom stereocenters. The van der Waals surface area contributed by atoms with Gasteiger partial charge in [0.1, 0.15) is 12.3 Å². The predicted octanol–water partition coefficient (Wildman–Crippen LogP) is 3.71. The molecule has 2 N–H and O–H groups in total. The molecule has 1 fully saturated rings. The zero-order valence-electron chi connectivity index (χ0n) is 17.1. The first kappa shape index (κ1) is 21.9. The Morgan fingerprint density at radius 1 is 1.25 bits per heavy atom. The lowest BCUT2D eigenvalue weighted by molar-refractivity contribution is -0.274. The van der Waals surface area contributed by atoms with Crippen LogP contribution in [0.15, 0.2) is 36.4 Å². The van der Waals surface area contributed by atoms with E-state index in [1.807, 2.05) is 6.07 Å². The molecule has 2 heterocycles. The number of benzene rings is 1. The Kier molecular flexibility index (Phi) is 5.92. The van der Waals surface area contributed by atoms with Gasteiger partial charge in [0.05, 0.1) is 18.3 Å². The van der Waals surface area contributed by atoms with Gasteiger partial charge < -0.3 is 20.1 Å². The third-order valence-electron chi connectivity index (χ3n) is 5.12. The second kappa shape index (κ2) is 8.65. The monoisotopic (exact) mass is 450 g/mol. The zero-order valence-corrected chi connectivity index (χ0v) is 17.1. The SMILES string of the molecule is COCC(NC(=O)N1CC(=O)Nc2ccc(C3CC3)nc21)c1ccc(OC(F)(F)F)cc1. The number of rotatable bonds is 6. The van der Waals surface area contributed by atoms with E-state index in [1.165, 1.54) is 24.1 Å². The summed E-state index contributed by atoms with van der Waals surface area (Å²) in [7, 11) is 1.44. The summed E-state index contributed by atoms with van der Waals surface area (Å²) in [6.45, 7) is -0.147. The number of ether oxygens (including phenoxy) is 2. The maximum absolute atomic E-state index is 13.1. The lowest BCUT2D eigenvalue weighted by Gasteiger charge is -2.30. The molecule has 1 aliphatic heterocycles. The average molecular weight is 450 g/mol. The van der Waals surface area contributed by atoms with Crippen molar-refractivity contribution in [2.45, 2.75) is 31.2 Å². The smallest absolute Gasteiger partial charge is 0.406 e. The Balaban J connectivity index is 1.53. The largest absolute Gasteiger partial charge is 0.573 e. The molecule has 3 amide bonds. The fraction of sp³-hybridized carbons (Fsp3) is 0.381. The molecule has 1 aromatic carbocycles. The fourth-order valence-electron chi connectivity index (χ4n) is 3.47. The Morgan fingerprint density at radius 2 is 1.97 bits per heavy atom. The second-order valence-corrected chi connectivity index (χ2v) is 7.59. The van der Waals surface area contributed by atoms with E-state index in [2.05, 4.69) is 20.4 Å². The number of carbonyl (C=O) groups excluding carboxylic acids is 2. The summed E-state index contributed by atoms with van der Waals surface area (Å²) < 4.78 is 46.2. The van der Waals surface area contributed by atoms with Crippen LogP contribution in [0, 0.1) is 0 Å². The molecule has 1 aromatic heterocycles. The molecule has 2 aromatic rings. The van der Waals surface area contributed by atoms with Crippen molar-refractivity contribution in [1.29, 1.82) is 0 Å². The van der Waals surface area contributed by atoms with Crippen molar-refractivity contribution in [1.82, 2.24) is 10.3 Å². The van der Waals surface area contributed by atoms with Gasteiger partial charge in [-0.15, -0.1) is 13.2 Å². The third kappa shape index (κ3) is 5.10. The molecular weight excluding hydrogens is 429 g/mol. The van der Waals surface area contributed by atoms with Crippen LogP contribution in [0.4, 0.5) is 29.5 Å². The van der Waals surface area contributed by atoms with Crippen LogP contribution in [0.25, 0.3) is 0 Å². The molecule has 0 bridgehead atoms. The number of amides is 3. The van der Waals surface area contributed by atoms with Gasteiger partial charge in [0.15, 0.2) is 5.82 Å². The van der Waals surface area contributed by atoms with Crippen LogP contribution in [-0.2, 0) is 9.53 Å². The van der Waals surface area contributed by atoms with Crippen molar-refractivity contribution in [3.05, 3.63) is 47.7 Å². The number of halogens is 3. The van der Waals surface area contributed by atoms with E-state index in [4.69, 9.17) is 4.74 Å². The highest BCUT2D eigenvalue weighted by atomic mass is 19.4. The van der Waals surface area contributed by atoms with Gasteiger partial charge in [0.2, 0.25) is 5.91 Å².